The molecule has 0 aliphatic heterocycles. The van der Waals surface area contributed by atoms with Gasteiger partial charge in [0.05, 0.1) is 11.2 Å². The zero-order chi connectivity index (χ0) is 11.4. The molecule has 16 heavy (non-hydrogen) atoms. The standard InChI is InChI=1S/C13H16N2S/c1-2-12-13(15-9-16-12)11-6-4-3-5-10(11)7-8-14/h3-6,9H,2,7-8,14H2,1H3. The normalized spacial score (nSPS) is 10.6. The third-order valence-electron chi connectivity index (χ3n) is 2.65. The molecule has 1 aromatic heterocycles. The fraction of sp³-hybridized carbons (Fsp3) is 0.308. The van der Waals surface area contributed by atoms with E-state index in [0.29, 0.717) is 6.54 Å². The molecule has 0 bridgehead atoms. The van der Waals surface area contributed by atoms with Crippen molar-refractivity contribution in [3.05, 3.63) is 40.2 Å². The van der Waals surface area contributed by atoms with Gasteiger partial charge in [-0.3, -0.25) is 0 Å². The summed E-state index contributed by atoms with van der Waals surface area (Å²) in [7, 11) is 0. The predicted octanol–water partition coefficient (Wildman–Crippen LogP) is 2.87. The molecule has 2 N–H and O–H groups in total. The molecule has 2 rings (SSSR count). The molecule has 0 unspecified atom stereocenters. The fourth-order valence-corrected chi connectivity index (χ4v) is 2.59. The number of aromatic nitrogens is 1. The second-order valence-electron chi connectivity index (χ2n) is 3.67. The van der Waals surface area contributed by atoms with Gasteiger partial charge in [0, 0.05) is 10.4 Å². The minimum atomic E-state index is 0.683. The Balaban J connectivity index is 2.46. The predicted molar refractivity (Wildman–Crippen MR) is 69.7 cm³/mol. The van der Waals surface area contributed by atoms with Crippen molar-refractivity contribution in [1.29, 1.82) is 0 Å². The number of thiazole rings is 1. The topological polar surface area (TPSA) is 38.9 Å². The molecule has 1 heterocycles. The van der Waals surface area contributed by atoms with Crippen LogP contribution in [0.4, 0.5) is 0 Å². The minimum Gasteiger partial charge on any atom is -0.330 e. The van der Waals surface area contributed by atoms with Crippen molar-refractivity contribution in [2.45, 2.75) is 19.8 Å². The van der Waals surface area contributed by atoms with E-state index in [0.717, 1.165) is 18.5 Å². The molecule has 0 amide bonds. The molecule has 3 heteroatoms. The molecule has 0 saturated carbocycles. The van der Waals surface area contributed by atoms with Crippen LogP contribution in [0.25, 0.3) is 11.3 Å². The summed E-state index contributed by atoms with van der Waals surface area (Å²) in [6, 6.07) is 8.40. The van der Waals surface area contributed by atoms with Gasteiger partial charge in [0.2, 0.25) is 0 Å². The maximum absolute atomic E-state index is 5.64. The first-order chi connectivity index (χ1) is 7.86. The molecule has 2 nitrogen and oxygen atoms in total. The molecule has 84 valence electrons. The average Bonchev–Trinajstić information content (AvgIpc) is 2.78. The lowest BCUT2D eigenvalue weighted by molar-refractivity contribution is 0.969. The second kappa shape index (κ2) is 5.23. The molecule has 2 aromatic rings. The highest BCUT2D eigenvalue weighted by Gasteiger charge is 2.10. The highest BCUT2D eigenvalue weighted by Crippen LogP contribution is 2.28. The number of nitrogens with zero attached hydrogens (tertiary/aromatic N) is 1. The van der Waals surface area contributed by atoms with Gasteiger partial charge in [-0.2, -0.15) is 0 Å². The molecule has 0 radical (unpaired) electrons. The summed E-state index contributed by atoms with van der Waals surface area (Å²) >= 11 is 1.73. The van der Waals surface area contributed by atoms with Crippen LogP contribution < -0.4 is 5.73 Å². The van der Waals surface area contributed by atoms with Crippen LogP contribution in [0.1, 0.15) is 17.4 Å². The van der Waals surface area contributed by atoms with Gasteiger partial charge in [-0.15, -0.1) is 11.3 Å². The van der Waals surface area contributed by atoms with Gasteiger partial charge >= 0.3 is 0 Å². The first-order valence-corrected chi connectivity index (χ1v) is 6.45. The van der Waals surface area contributed by atoms with Crippen LogP contribution in [-0.4, -0.2) is 11.5 Å². The number of rotatable bonds is 4. The van der Waals surface area contributed by atoms with Crippen molar-refractivity contribution in [3.63, 3.8) is 0 Å². The number of hydrogen-bond donors (Lipinski definition) is 1. The summed E-state index contributed by atoms with van der Waals surface area (Å²) in [4.78, 5) is 5.83. The zero-order valence-electron chi connectivity index (χ0n) is 9.44. The summed E-state index contributed by atoms with van der Waals surface area (Å²) in [6.07, 6.45) is 1.95. The van der Waals surface area contributed by atoms with Gasteiger partial charge in [-0.05, 0) is 24.9 Å². The maximum atomic E-state index is 5.64. The van der Waals surface area contributed by atoms with E-state index in [1.165, 1.54) is 16.0 Å². The molecule has 0 saturated heterocycles. The van der Waals surface area contributed by atoms with Gasteiger partial charge in [-0.25, -0.2) is 4.98 Å². The first kappa shape index (κ1) is 11.3. The molecule has 0 aliphatic carbocycles. The first-order valence-electron chi connectivity index (χ1n) is 5.57. The SMILES string of the molecule is CCc1scnc1-c1ccccc1CCN. The maximum Gasteiger partial charge on any atom is 0.0845 e. The lowest BCUT2D eigenvalue weighted by atomic mass is 10.0. The number of nitrogens with two attached hydrogens (primary N) is 1. The van der Waals surface area contributed by atoms with Crippen LogP contribution in [-0.2, 0) is 12.8 Å². The summed E-state index contributed by atoms with van der Waals surface area (Å²) < 4.78 is 0. The quantitative estimate of drug-likeness (QED) is 0.880. The van der Waals surface area contributed by atoms with E-state index >= 15 is 0 Å². The molecule has 0 aliphatic rings. The van der Waals surface area contributed by atoms with Gasteiger partial charge < -0.3 is 5.73 Å². The van der Waals surface area contributed by atoms with E-state index in [-0.39, 0.29) is 0 Å². The number of benzene rings is 1. The van der Waals surface area contributed by atoms with E-state index in [4.69, 9.17) is 5.73 Å². The Labute approximate surface area is 100 Å². The zero-order valence-corrected chi connectivity index (χ0v) is 10.3. The van der Waals surface area contributed by atoms with Crippen molar-refractivity contribution < 1.29 is 0 Å². The minimum absolute atomic E-state index is 0.683. The Bertz CT molecular complexity index is 462. The van der Waals surface area contributed by atoms with Gasteiger partial charge in [-0.1, -0.05) is 31.2 Å². The van der Waals surface area contributed by atoms with Crippen LogP contribution in [0.5, 0.6) is 0 Å². The highest BCUT2D eigenvalue weighted by atomic mass is 32.1. The molecular formula is C13H16N2S. The van der Waals surface area contributed by atoms with E-state index in [1.54, 1.807) is 11.3 Å². The van der Waals surface area contributed by atoms with Crippen LogP contribution >= 0.6 is 11.3 Å². The van der Waals surface area contributed by atoms with Crippen LogP contribution in [0.3, 0.4) is 0 Å². The Morgan fingerprint density at radius 3 is 2.88 bits per heavy atom. The Hall–Kier alpha value is -1.19. The van der Waals surface area contributed by atoms with E-state index in [1.807, 2.05) is 5.51 Å². The molecule has 0 atom stereocenters. The van der Waals surface area contributed by atoms with Crippen molar-refractivity contribution in [2.75, 3.05) is 6.54 Å². The third kappa shape index (κ3) is 2.15. The Morgan fingerprint density at radius 1 is 1.31 bits per heavy atom. The summed E-state index contributed by atoms with van der Waals surface area (Å²) in [6.45, 7) is 2.85. The van der Waals surface area contributed by atoms with Crippen LogP contribution in [0.15, 0.2) is 29.8 Å². The monoisotopic (exact) mass is 232 g/mol. The number of aryl methyl sites for hydroxylation is 1. The second-order valence-corrected chi connectivity index (χ2v) is 4.61. The number of hydrogen-bond acceptors (Lipinski definition) is 3. The summed E-state index contributed by atoms with van der Waals surface area (Å²) in [5.41, 5.74) is 11.2. The third-order valence-corrected chi connectivity index (χ3v) is 3.63. The van der Waals surface area contributed by atoms with Gasteiger partial charge in [0.1, 0.15) is 0 Å². The molecule has 1 aromatic carbocycles. The van der Waals surface area contributed by atoms with Gasteiger partial charge in [0.15, 0.2) is 0 Å². The summed E-state index contributed by atoms with van der Waals surface area (Å²) in [5.74, 6) is 0. The van der Waals surface area contributed by atoms with E-state index in [9.17, 15) is 0 Å². The molecular weight excluding hydrogens is 216 g/mol. The van der Waals surface area contributed by atoms with Crippen molar-refractivity contribution in [2.24, 2.45) is 5.73 Å². The Kier molecular flexibility index (Phi) is 3.70. The average molecular weight is 232 g/mol. The van der Waals surface area contributed by atoms with Crippen molar-refractivity contribution in [1.82, 2.24) is 4.98 Å². The molecule has 0 fully saturated rings. The fourth-order valence-electron chi connectivity index (χ4n) is 1.87. The molecule has 0 spiro atoms. The lowest BCUT2D eigenvalue weighted by Gasteiger charge is -2.07. The highest BCUT2D eigenvalue weighted by molar-refractivity contribution is 7.10. The smallest absolute Gasteiger partial charge is 0.0845 e. The van der Waals surface area contributed by atoms with Crippen LogP contribution in [0, 0.1) is 0 Å². The summed E-state index contributed by atoms with van der Waals surface area (Å²) in [5, 5.41) is 0. The lowest BCUT2D eigenvalue weighted by Crippen LogP contribution is -2.04. The van der Waals surface area contributed by atoms with Crippen LogP contribution in [0.2, 0.25) is 0 Å². The van der Waals surface area contributed by atoms with Gasteiger partial charge in [0.25, 0.3) is 0 Å². The van der Waals surface area contributed by atoms with E-state index in [2.05, 4.69) is 36.2 Å². The van der Waals surface area contributed by atoms with Crippen molar-refractivity contribution >= 4 is 11.3 Å². The largest absolute Gasteiger partial charge is 0.330 e. The van der Waals surface area contributed by atoms with Crippen molar-refractivity contribution in [3.8, 4) is 11.3 Å². The Morgan fingerprint density at radius 2 is 2.12 bits per heavy atom. The van der Waals surface area contributed by atoms with E-state index < -0.39 is 0 Å².